The Hall–Kier alpha value is -1.56. The van der Waals surface area contributed by atoms with Crippen LogP contribution in [0.3, 0.4) is 0 Å². The monoisotopic (exact) mass is 310 g/mol. The molecule has 1 aromatic carbocycles. The van der Waals surface area contributed by atoms with Crippen LogP contribution in [0.5, 0.6) is 5.75 Å². The van der Waals surface area contributed by atoms with E-state index in [4.69, 9.17) is 9.15 Å². The lowest BCUT2D eigenvalue weighted by molar-refractivity contribution is 0.341. The van der Waals surface area contributed by atoms with Gasteiger partial charge in [0.05, 0.1) is 12.4 Å². The zero-order valence-electron chi connectivity index (χ0n) is 12.4. The largest absolute Gasteiger partial charge is 0.493 e. The number of ether oxygens (including phenoxy) is 1. The first kappa shape index (κ1) is 15.8. The van der Waals surface area contributed by atoms with Crippen molar-refractivity contribution in [3.63, 3.8) is 0 Å². The predicted octanol–water partition coefficient (Wildman–Crippen LogP) is 3.82. The Bertz CT molecular complexity index is 581. The van der Waals surface area contributed by atoms with Crippen molar-refractivity contribution < 1.29 is 13.5 Å². The van der Waals surface area contributed by atoms with Crippen LogP contribution in [-0.2, 0) is 11.2 Å². The lowest BCUT2D eigenvalue weighted by atomic mass is 9.97. The minimum Gasteiger partial charge on any atom is -0.493 e. The Morgan fingerprint density at radius 3 is 2.76 bits per heavy atom. The Balaban J connectivity index is 1.69. The SMILES string of the molecule is CC(C)(C)c1nnc(CSCCOc2cccc(F)c2)o1. The Morgan fingerprint density at radius 2 is 2.10 bits per heavy atom. The minimum atomic E-state index is -0.291. The molecule has 0 aliphatic heterocycles. The standard InChI is InChI=1S/C15H19FN2O2S/c1-15(2,3)14-18-17-13(20-14)10-21-8-7-19-12-6-4-5-11(16)9-12/h4-6,9H,7-8,10H2,1-3H3. The van der Waals surface area contributed by atoms with E-state index in [1.54, 1.807) is 23.9 Å². The van der Waals surface area contributed by atoms with Crippen LogP contribution in [-0.4, -0.2) is 22.6 Å². The van der Waals surface area contributed by atoms with E-state index in [0.717, 1.165) is 5.75 Å². The molecular weight excluding hydrogens is 291 g/mol. The van der Waals surface area contributed by atoms with Crippen molar-refractivity contribution in [3.8, 4) is 5.75 Å². The molecular formula is C15H19FN2O2S. The van der Waals surface area contributed by atoms with Crippen molar-refractivity contribution in [3.05, 3.63) is 41.9 Å². The number of rotatable bonds is 6. The van der Waals surface area contributed by atoms with Gasteiger partial charge < -0.3 is 9.15 Å². The second kappa shape index (κ2) is 6.93. The van der Waals surface area contributed by atoms with Crippen LogP contribution in [0.25, 0.3) is 0 Å². The summed E-state index contributed by atoms with van der Waals surface area (Å²) in [4.78, 5) is 0. The molecule has 4 nitrogen and oxygen atoms in total. The van der Waals surface area contributed by atoms with Crippen LogP contribution >= 0.6 is 11.8 Å². The normalized spacial score (nSPS) is 11.6. The van der Waals surface area contributed by atoms with Crippen molar-refractivity contribution in [2.75, 3.05) is 12.4 Å². The summed E-state index contributed by atoms with van der Waals surface area (Å²) in [5, 5.41) is 8.06. The van der Waals surface area contributed by atoms with E-state index in [9.17, 15) is 4.39 Å². The number of nitrogens with zero attached hydrogens (tertiary/aromatic N) is 2. The topological polar surface area (TPSA) is 48.2 Å². The van der Waals surface area contributed by atoms with Crippen LogP contribution in [0, 0.1) is 5.82 Å². The van der Waals surface area contributed by atoms with Crippen LogP contribution in [0.1, 0.15) is 32.6 Å². The summed E-state index contributed by atoms with van der Waals surface area (Å²) < 4.78 is 24.0. The van der Waals surface area contributed by atoms with E-state index < -0.39 is 0 Å². The van der Waals surface area contributed by atoms with Gasteiger partial charge in [0, 0.05) is 17.2 Å². The van der Waals surface area contributed by atoms with Crippen LogP contribution < -0.4 is 4.74 Å². The van der Waals surface area contributed by atoms with Gasteiger partial charge in [-0.2, -0.15) is 0 Å². The van der Waals surface area contributed by atoms with E-state index >= 15 is 0 Å². The summed E-state index contributed by atoms with van der Waals surface area (Å²) in [6.07, 6.45) is 0. The third kappa shape index (κ3) is 5.04. The second-order valence-electron chi connectivity index (χ2n) is 5.61. The number of aromatic nitrogens is 2. The van der Waals surface area contributed by atoms with Crippen LogP contribution in [0.2, 0.25) is 0 Å². The molecule has 0 atom stereocenters. The van der Waals surface area contributed by atoms with Gasteiger partial charge in [-0.3, -0.25) is 0 Å². The zero-order chi connectivity index (χ0) is 15.3. The second-order valence-corrected chi connectivity index (χ2v) is 6.71. The fourth-order valence-corrected chi connectivity index (χ4v) is 2.19. The molecule has 0 radical (unpaired) electrons. The maximum Gasteiger partial charge on any atom is 0.226 e. The summed E-state index contributed by atoms with van der Waals surface area (Å²) in [5.41, 5.74) is -0.129. The van der Waals surface area contributed by atoms with Gasteiger partial charge in [0.1, 0.15) is 11.6 Å². The Morgan fingerprint density at radius 1 is 1.29 bits per heavy atom. The van der Waals surface area contributed by atoms with Gasteiger partial charge in [0.2, 0.25) is 11.8 Å². The first-order valence-electron chi connectivity index (χ1n) is 6.74. The number of benzene rings is 1. The van der Waals surface area contributed by atoms with Gasteiger partial charge >= 0.3 is 0 Å². The summed E-state index contributed by atoms with van der Waals surface area (Å²) in [5.74, 6) is 2.94. The van der Waals surface area contributed by atoms with E-state index in [1.165, 1.54) is 12.1 Å². The minimum absolute atomic E-state index is 0.129. The maximum absolute atomic E-state index is 12.9. The van der Waals surface area contributed by atoms with E-state index in [0.29, 0.717) is 29.9 Å². The first-order valence-corrected chi connectivity index (χ1v) is 7.89. The molecule has 114 valence electrons. The molecule has 21 heavy (non-hydrogen) atoms. The van der Waals surface area contributed by atoms with Crippen molar-refractivity contribution >= 4 is 11.8 Å². The highest BCUT2D eigenvalue weighted by Crippen LogP contribution is 2.22. The lowest BCUT2D eigenvalue weighted by Gasteiger charge is -2.10. The van der Waals surface area contributed by atoms with Crippen molar-refractivity contribution in [2.24, 2.45) is 0 Å². The number of halogens is 1. The fourth-order valence-electron chi connectivity index (χ4n) is 1.55. The molecule has 0 fully saturated rings. The third-order valence-electron chi connectivity index (χ3n) is 2.63. The van der Waals surface area contributed by atoms with Gasteiger partial charge in [0.25, 0.3) is 0 Å². The maximum atomic E-state index is 12.9. The fraction of sp³-hybridized carbons (Fsp3) is 0.467. The summed E-state index contributed by atoms with van der Waals surface area (Å²) in [6, 6.07) is 6.13. The first-order chi connectivity index (χ1) is 9.95. The molecule has 0 bridgehead atoms. The molecule has 0 N–H and O–H groups in total. The molecule has 0 unspecified atom stereocenters. The summed E-state index contributed by atoms with van der Waals surface area (Å²) in [6.45, 7) is 6.60. The van der Waals surface area contributed by atoms with E-state index in [2.05, 4.69) is 10.2 Å². The van der Waals surface area contributed by atoms with Crippen molar-refractivity contribution in [1.82, 2.24) is 10.2 Å². The number of hydrogen-bond donors (Lipinski definition) is 0. The highest BCUT2D eigenvalue weighted by Gasteiger charge is 2.21. The lowest BCUT2D eigenvalue weighted by Crippen LogP contribution is -2.11. The number of hydrogen-bond acceptors (Lipinski definition) is 5. The zero-order valence-corrected chi connectivity index (χ0v) is 13.2. The molecule has 2 aromatic rings. The third-order valence-corrected chi connectivity index (χ3v) is 3.53. The predicted molar refractivity (Wildman–Crippen MR) is 81.1 cm³/mol. The smallest absolute Gasteiger partial charge is 0.226 e. The van der Waals surface area contributed by atoms with E-state index in [-0.39, 0.29) is 11.2 Å². The molecule has 2 rings (SSSR count). The molecule has 0 aliphatic carbocycles. The number of thioether (sulfide) groups is 1. The van der Waals surface area contributed by atoms with Gasteiger partial charge in [-0.05, 0) is 12.1 Å². The van der Waals surface area contributed by atoms with Gasteiger partial charge in [0.15, 0.2) is 0 Å². The molecule has 1 aromatic heterocycles. The quantitative estimate of drug-likeness (QED) is 0.759. The van der Waals surface area contributed by atoms with Crippen molar-refractivity contribution in [1.29, 1.82) is 0 Å². The van der Waals surface area contributed by atoms with Gasteiger partial charge in [-0.25, -0.2) is 4.39 Å². The molecule has 0 saturated carbocycles. The average molecular weight is 310 g/mol. The summed E-state index contributed by atoms with van der Waals surface area (Å²) in [7, 11) is 0. The van der Waals surface area contributed by atoms with Crippen molar-refractivity contribution in [2.45, 2.75) is 31.9 Å². The molecule has 0 aliphatic rings. The highest BCUT2D eigenvalue weighted by molar-refractivity contribution is 7.98. The van der Waals surface area contributed by atoms with Crippen LogP contribution in [0.4, 0.5) is 4.39 Å². The molecule has 0 saturated heterocycles. The Labute approximate surface area is 128 Å². The van der Waals surface area contributed by atoms with E-state index in [1.807, 2.05) is 20.8 Å². The van der Waals surface area contributed by atoms with Gasteiger partial charge in [-0.1, -0.05) is 26.8 Å². The average Bonchev–Trinajstić information content (AvgIpc) is 2.87. The Kier molecular flexibility index (Phi) is 5.22. The molecule has 6 heteroatoms. The molecule has 0 amide bonds. The van der Waals surface area contributed by atoms with Gasteiger partial charge in [-0.15, -0.1) is 22.0 Å². The van der Waals surface area contributed by atoms with Crippen LogP contribution in [0.15, 0.2) is 28.7 Å². The molecule has 0 spiro atoms. The highest BCUT2D eigenvalue weighted by atomic mass is 32.2. The summed E-state index contributed by atoms with van der Waals surface area (Å²) >= 11 is 1.64. The molecule has 1 heterocycles.